The zero-order valence-electron chi connectivity index (χ0n) is 10.9. The zero-order valence-corrected chi connectivity index (χ0v) is 10.9. The molecule has 0 saturated carbocycles. The van der Waals surface area contributed by atoms with E-state index in [1.807, 2.05) is 13.8 Å². The maximum Gasteiger partial charge on any atom is 0.239 e. The normalized spacial score (nSPS) is 11.8. The minimum atomic E-state index is -0.454. The van der Waals surface area contributed by atoms with Crippen LogP contribution < -0.4 is 15.4 Å². The average Bonchev–Trinajstić information content (AvgIpc) is 2.36. The van der Waals surface area contributed by atoms with Crippen LogP contribution in [0.4, 0.5) is 10.1 Å². The second-order valence-electron chi connectivity index (χ2n) is 4.08. The van der Waals surface area contributed by atoms with Crippen molar-refractivity contribution in [2.45, 2.75) is 26.3 Å². The summed E-state index contributed by atoms with van der Waals surface area (Å²) in [6.07, 6.45) is 0.878. The van der Waals surface area contributed by atoms with Crippen molar-refractivity contribution in [1.29, 1.82) is 0 Å². The van der Waals surface area contributed by atoms with Gasteiger partial charge in [0.05, 0.1) is 13.7 Å². The van der Waals surface area contributed by atoms with Gasteiger partial charge in [0.2, 0.25) is 5.91 Å². The van der Waals surface area contributed by atoms with E-state index in [2.05, 4.69) is 10.6 Å². The molecule has 18 heavy (non-hydrogen) atoms. The number of ether oxygens (including phenoxy) is 1. The fourth-order valence-electron chi connectivity index (χ4n) is 1.39. The van der Waals surface area contributed by atoms with Crippen LogP contribution in [-0.4, -0.2) is 25.6 Å². The first kappa shape index (κ1) is 14.3. The topological polar surface area (TPSA) is 50.4 Å². The van der Waals surface area contributed by atoms with Crippen LogP contribution in [-0.2, 0) is 4.79 Å². The van der Waals surface area contributed by atoms with Gasteiger partial charge in [0.15, 0.2) is 11.6 Å². The van der Waals surface area contributed by atoms with E-state index >= 15 is 0 Å². The summed E-state index contributed by atoms with van der Waals surface area (Å²) in [6.45, 7) is 4.05. The Kier molecular flexibility index (Phi) is 5.42. The standard InChI is InChI=1S/C13H19FN2O2/c1-4-9(2)16-13(17)8-15-10-5-6-12(18-3)11(14)7-10/h5-7,9,15H,4,8H2,1-3H3,(H,16,17). The maximum atomic E-state index is 13.4. The summed E-state index contributed by atoms with van der Waals surface area (Å²) in [5.41, 5.74) is 0.549. The number of hydrogen-bond donors (Lipinski definition) is 2. The van der Waals surface area contributed by atoms with Gasteiger partial charge < -0.3 is 15.4 Å². The molecular weight excluding hydrogens is 235 g/mol. The summed E-state index contributed by atoms with van der Waals surface area (Å²) in [5.74, 6) is -0.380. The molecule has 1 aromatic carbocycles. The van der Waals surface area contributed by atoms with Crippen molar-refractivity contribution in [2.75, 3.05) is 19.0 Å². The van der Waals surface area contributed by atoms with Gasteiger partial charge in [0.25, 0.3) is 0 Å². The molecule has 1 atom stereocenters. The number of carbonyl (C=O) groups is 1. The highest BCUT2D eigenvalue weighted by Crippen LogP contribution is 2.20. The van der Waals surface area contributed by atoms with Crippen LogP contribution in [0.5, 0.6) is 5.75 Å². The van der Waals surface area contributed by atoms with Gasteiger partial charge in [-0.15, -0.1) is 0 Å². The van der Waals surface area contributed by atoms with Crippen LogP contribution in [0, 0.1) is 5.82 Å². The Morgan fingerprint density at radius 3 is 2.78 bits per heavy atom. The largest absolute Gasteiger partial charge is 0.494 e. The Labute approximate surface area is 107 Å². The molecule has 1 aromatic rings. The second-order valence-corrected chi connectivity index (χ2v) is 4.08. The molecule has 0 aliphatic heterocycles. The van der Waals surface area contributed by atoms with E-state index in [1.165, 1.54) is 19.2 Å². The van der Waals surface area contributed by atoms with E-state index in [0.29, 0.717) is 5.69 Å². The van der Waals surface area contributed by atoms with Crippen LogP contribution in [0.1, 0.15) is 20.3 Å². The molecule has 1 amide bonds. The fourth-order valence-corrected chi connectivity index (χ4v) is 1.39. The van der Waals surface area contributed by atoms with Crippen LogP contribution in [0.3, 0.4) is 0 Å². The number of hydrogen-bond acceptors (Lipinski definition) is 3. The smallest absolute Gasteiger partial charge is 0.239 e. The molecule has 0 aromatic heterocycles. The number of anilines is 1. The third kappa shape index (κ3) is 4.24. The summed E-state index contributed by atoms with van der Waals surface area (Å²) >= 11 is 0. The quantitative estimate of drug-likeness (QED) is 0.818. The van der Waals surface area contributed by atoms with Crippen molar-refractivity contribution < 1.29 is 13.9 Å². The van der Waals surface area contributed by atoms with Gasteiger partial charge in [-0.05, 0) is 25.5 Å². The third-order valence-electron chi connectivity index (χ3n) is 2.62. The first-order valence-corrected chi connectivity index (χ1v) is 5.93. The number of nitrogens with one attached hydrogen (secondary N) is 2. The summed E-state index contributed by atoms with van der Waals surface area (Å²) in [4.78, 5) is 11.5. The van der Waals surface area contributed by atoms with E-state index in [9.17, 15) is 9.18 Å². The maximum absolute atomic E-state index is 13.4. The van der Waals surface area contributed by atoms with E-state index in [1.54, 1.807) is 6.07 Å². The third-order valence-corrected chi connectivity index (χ3v) is 2.62. The van der Waals surface area contributed by atoms with Crippen molar-refractivity contribution in [3.8, 4) is 5.75 Å². The van der Waals surface area contributed by atoms with E-state index in [4.69, 9.17) is 4.74 Å². The van der Waals surface area contributed by atoms with Gasteiger partial charge in [-0.2, -0.15) is 0 Å². The molecule has 0 bridgehead atoms. The van der Waals surface area contributed by atoms with Crippen LogP contribution in [0.15, 0.2) is 18.2 Å². The molecule has 100 valence electrons. The lowest BCUT2D eigenvalue weighted by molar-refractivity contribution is -0.120. The monoisotopic (exact) mass is 254 g/mol. The summed E-state index contributed by atoms with van der Waals surface area (Å²) < 4.78 is 18.2. The van der Waals surface area contributed by atoms with Crippen LogP contribution >= 0.6 is 0 Å². The molecule has 0 heterocycles. The lowest BCUT2D eigenvalue weighted by atomic mass is 10.2. The van der Waals surface area contributed by atoms with Gasteiger partial charge in [0.1, 0.15) is 0 Å². The Morgan fingerprint density at radius 2 is 2.22 bits per heavy atom. The molecule has 2 N–H and O–H groups in total. The Hall–Kier alpha value is -1.78. The molecule has 0 radical (unpaired) electrons. The SMILES string of the molecule is CCC(C)NC(=O)CNc1ccc(OC)c(F)c1. The predicted molar refractivity (Wildman–Crippen MR) is 69.3 cm³/mol. The number of carbonyl (C=O) groups excluding carboxylic acids is 1. The molecule has 0 spiro atoms. The summed E-state index contributed by atoms with van der Waals surface area (Å²) in [6, 6.07) is 4.63. The van der Waals surface area contributed by atoms with Gasteiger partial charge in [0, 0.05) is 17.8 Å². The zero-order chi connectivity index (χ0) is 13.5. The van der Waals surface area contributed by atoms with E-state index < -0.39 is 5.82 Å². The van der Waals surface area contributed by atoms with Gasteiger partial charge in [-0.3, -0.25) is 4.79 Å². The summed E-state index contributed by atoms with van der Waals surface area (Å²) in [7, 11) is 1.41. The van der Waals surface area contributed by atoms with Crippen LogP contribution in [0.2, 0.25) is 0 Å². The number of methoxy groups -OCH3 is 1. The van der Waals surface area contributed by atoms with Crippen molar-refractivity contribution in [1.82, 2.24) is 5.32 Å². The highest BCUT2D eigenvalue weighted by molar-refractivity contribution is 5.80. The lowest BCUT2D eigenvalue weighted by Crippen LogP contribution is -2.36. The molecule has 0 fully saturated rings. The van der Waals surface area contributed by atoms with Crippen molar-refractivity contribution in [2.24, 2.45) is 0 Å². The number of halogens is 1. The van der Waals surface area contributed by atoms with Crippen LogP contribution in [0.25, 0.3) is 0 Å². The highest BCUT2D eigenvalue weighted by Gasteiger charge is 2.07. The minimum absolute atomic E-state index is 0.111. The molecular formula is C13H19FN2O2. The Bertz CT molecular complexity index is 410. The molecule has 0 aliphatic rings. The summed E-state index contributed by atoms with van der Waals surface area (Å²) in [5, 5.41) is 5.68. The van der Waals surface area contributed by atoms with Crippen molar-refractivity contribution in [3.05, 3.63) is 24.0 Å². The Balaban J connectivity index is 2.48. The van der Waals surface area contributed by atoms with Gasteiger partial charge in [-0.1, -0.05) is 6.92 Å². The molecule has 1 rings (SSSR count). The van der Waals surface area contributed by atoms with Gasteiger partial charge in [-0.25, -0.2) is 4.39 Å². The lowest BCUT2D eigenvalue weighted by Gasteiger charge is -2.12. The fraction of sp³-hybridized carbons (Fsp3) is 0.462. The predicted octanol–water partition coefficient (Wildman–Crippen LogP) is 2.16. The number of benzene rings is 1. The van der Waals surface area contributed by atoms with Crippen molar-refractivity contribution >= 4 is 11.6 Å². The van der Waals surface area contributed by atoms with Gasteiger partial charge >= 0.3 is 0 Å². The van der Waals surface area contributed by atoms with Crippen molar-refractivity contribution in [3.63, 3.8) is 0 Å². The molecule has 1 unspecified atom stereocenters. The first-order chi connectivity index (χ1) is 8.56. The minimum Gasteiger partial charge on any atom is -0.494 e. The molecule has 0 saturated heterocycles. The Morgan fingerprint density at radius 1 is 1.50 bits per heavy atom. The molecule has 5 heteroatoms. The highest BCUT2D eigenvalue weighted by atomic mass is 19.1. The number of amides is 1. The number of rotatable bonds is 6. The second kappa shape index (κ2) is 6.83. The van der Waals surface area contributed by atoms with E-state index in [0.717, 1.165) is 6.42 Å². The first-order valence-electron chi connectivity index (χ1n) is 5.93. The molecule has 4 nitrogen and oxygen atoms in total. The molecule has 0 aliphatic carbocycles. The van der Waals surface area contributed by atoms with E-state index in [-0.39, 0.29) is 24.2 Å². The average molecular weight is 254 g/mol.